The maximum Gasteiger partial charge on any atom is 0.198 e. The molecule has 4 nitrogen and oxygen atoms in total. The zero-order valence-corrected chi connectivity index (χ0v) is 11.6. The van der Waals surface area contributed by atoms with Crippen molar-refractivity contribution in [2.75, 3.05) is 26.1 Å². The molecule has 2 rings (SSSR count). The molecule has 0 unspecified atom stereocenters. The van der Waals surface area contributed by atoms with Crippen molar-refractivity contribution in [2.24, 2.45) is 0 Å². The molecule has 0 saturated heterocycles. The lowest BCUT2D eigenvalue weighted by atomic mass is 10.0. The largest absolute Gasteiger partial charge is 0.490 e. The molecule has 2 N–H and O–H groups in total. The summed E-state index contributed by atoms with van der Waals surface area (Å²) in [7, 11) is 1.56. The van der Waals surface area contributed by atoms with Crippen molar-refractivity contribution in [3.05, 3.63) is 59.4 Å². The maximum atomic E-state index is 13.3. The van der Waals surface area contributed by atoms with E-state index in [0.29, 0.717) is 24.5 Å². The van der Waals surface area contributed by atoms with Gasteiger partial charge in [0.15, 0.2) is 5.78 Å². The predicted octanol–water partition coefficient (Wildman–Crippen LogP) is 2.66. The van der Waals surface area contributed by atoms with Crippen LogP contribution < -0.4 is 10.5 Å². The number of nitrogens with two attached hydrogens (primary N) is 1. The van der Waals surface area contributed by atoms with E-state index in [9.17, 15) is 9.18 Å². The molecule has 5 heteroatoms. The van der Waals surface area contributed by atoms with Crippen LogP contribution in [0.1, 0.15) is 15.9 Å². The van der Waals surface area contributed by atoms with Crippen LogP contribution in [0.25, 0.3) is 0 Å². The van der Waals surface area contributed by atoms with Gasteiger partial charge in [0.2, 0.25) is 0 Å². The Kier molecular flexibility index (Phi) is 4.90. The Morgan fingerprint density at radius 1 is 1.14 bits per heavy atom. The summed E-state index contributed by atoms with van der Waals surface area (Å²) in [6.45, 7) is 0.726. The Morgan fingerprint density at radius 3 is 2.67 bits per heavy atom. The lowest BCUT2D eigenvalue weighted by Crippen LogP contribution is -2.10. The number of methoxy groups -OCH3 is 1. The molecule has 110 valence electrons. The van der Waals surface area contributed by atoms with Crippen LogP contribution in [-0.2, 0) is 4.74 Å². The third-order valence-corrected chi connectivity index (χ3v) is 2.94. The van der Waals surface area contributed by atoms with E-state index in [1.807, 2.05) is 0 Å². The molecule has 0 radical (unpaired) electrons. The average Bonchev–Trinajstić information content (AvgIpc) is 2.50. The summed E-state index contributed by atoms with van der Waals surface area (Å²) in [5.41, 5.74) is 6.44. The van der Waals surface area contributed by atoms with Crippen LogP contribution in [-0.4, -0.2) is 26.1 Å². The second-order valence-electron chi connectivity index (χ2n) is 4.40. The maximum absolute atomic E-state index is 13.3. The van der Waals surface area contributed by atoms with Crippen LogP contribution in [0.15, 0.2) is 42.5 Å². The second-order valence-corrected chi connectivity index (χ2v) is 4.40. The SMILES string of the molecule is COCCOc1ccccc1C(=O)c1cc(F)ccc1N. The zero-order chi connectivity index (χ0) is 15.2. The van der Waals surface area contributed by atoms with Crippen molar-refractivity contribution in [3.63, 3.8) is 0 Å². The van der Waals surface area contributed by atoms with Gasteiger partial charge >= 0.3 is 0 Å². The molecule has 0 aliphatic rings. The smallest absolute Gasteiger partial charge is 0.198 e. The first-order chi connectivity index (χ1) is 10.1. The normalized spacial score (nSPS) is 10.4. The minimum atomic E-state index is -0.509. The summed E-state index contributed by atoms with van der Waals surface area (Å²) in [4.78, 5) is 12.5. The van der Waals surface area contributed by atoms with Gasteiger partial charge in [-0.05, 0) is 30.3 Å². The van der Waals surface area contributed by atoms with Gasteiger partial charge in [-0.25, -0.2) is 4.39 Å². The van der Waals surface area contributed by atoms with Crippen molar-refractivity contribution in [3.8, 4) is 5.75 Å². The number of nitrogen functional groups attached to an aromatic ring is 1. The highest BCUT2D eigenvalue weighted by Gasteiger charge is 2.17. The van der Waals surface area contributed by atoms with Crippen molar-refractivity contribution < 1.29 is 18.7 Å². The Hall–Kier alpha value is -2.40. The third kappa shape index (κ3) is 3.58. The molecule has 0 amide bonds. The number of carbonyl (C=O) groups is 1. The molecule has 0 bridgehead atoms. The van der Waals surface area contributed by atoms with Gasteiger partial charge in [-0.3, -0.25) is 4.79 Å². The molecule has 0 spiro atoms. The summed E-state index contributed by atoms with van der Waals surface area (Å²) >= 11 is 0. The lowest BCUT2D eigenvalue weighted by Gasteiger charge is -2.11. The number of benzene rings is 2. The Balaban J connectivity index is 2.32. The number of anilines is 1. The number of hydrogen-bond acceptors (Lipinski definition) is 4. The topological polar surface area (TPSA) is 61.5 Å². The van der Waals surface area contributed by atoms with E-state index >= 15 is 0 Å². The van der Waals surface area contributed by atoms with Crippen molar-refractivity contribution >= 4 is 11.5 Å². The summed E-state index contributed by atoms with van der Waals surface area (Å²) in [6.07, 6.45) is 0. The monoisotopic (exact) mass is 289 g/mol. The number of para-hydroxylation sites is 1. The highest BCUT2D eigenvalue weighted by molar-refractivity contribution is 6.13. The zero-order valence-electron chi connectivity index (χ0n) is 11.6. The second kappa shape index (κ2) is 6.85. The van der Waals surface area contributed by atoms with E-state index in [2.05, 4.69) is 0 Å². The number of halogens is 1. The van der Waals surface area contributed by atoms with E-state index in [-0.39, 0.29) is 17.0 Å². The van der Waals surface area contributed by atoms with Crippen molar-refractivity contribution in [1.82, 2.24) is 0 Å². The standard InChI is InChI=1S/C16H16FNO3/c1-20-8-9-21-15-5-3-2-4-12(15)16(19)13-10-11(17)6-7-14(13)18/h2-7,10H,8-9,18H2,1H3. The molecular formula is C16H16FNO3. The molecule has 0 atom stereocenters. The highest BCUT2D eigenvalue weighted by Crippen LogP contribution is 2.24. The van der Waals surface area contributed by atoms with Crippen molar-refractivity contribution in [1.29, 1.82) is 0 Å². The molecule has 0 aromatic heterocycles. The summed E-state index contributed by atoms with van der Waals surface area (Å²) in [5, 5.41) is 0. The van der Waals surface area contributed by atoms with Crippen LogP contribution in [0.3, 0.4) is 0 Å². The Labute approximate surface area is 122 Å². The van der Waals surface area contributed by atoms with Gasteiger partial charge in [-0.2, -0.15) is 0 Å². The van der Waals surface area contributed by atoms with Gasteiger partial charge in [0, 0.05) is 18.4 Å². The van der Waals surface area contributed by atoms with E-state index in [4.69, 9.17) is 15.2 Å². The predicted molar refractivity (Wildman–Crippen MR) is 78.1 cm³/mol. The number of ketones is 1. The van der Waals surface area contributed by atoms with Gasteiger partial charge < -0.3 is 15.2 Å². The average molecular weight is 289 g/mol. The molecule has 0 fully saturated rings. The number of hydrogen-bond donors (Lipinski definition) is 1. The lowest BCUT2D eigenvalue weighted by molar-refractivity contribution is 0.103. The van der Waals surface area contributed by atoms with Crippen LogP contribution in [0, 0.1) is 5.82 Å². The summed E-state index contributed by atoms with van der Waals surface area (Å²) < 4.78 is 23.7. The summed E-state index contributed by atoms with van der Waals surface area (Å²) in [5.74, 6) is -0.464. The van der Waals surface area contributed by atoms with Gasteiger partial charge in [-0.15, -0.1) is 0 Å². The molecular weight excluding hydrogens is 273 g/mol. The first-order valence-corrected chi connectivity index (χ1v) is 6.44. The minimum Gasteiger partial charge on any atom is -0.490 e. The van der Waals surface area contributed by atoms with Crippen LogP contribution >= 0.6 is 0 Å². The van der Waals surface area contributed by atoms with Crippen LogP contribution in [0.5, 0.6) is 5.75 Å². The number of rotatable bonds is 6. The van der Waals surface area contributed by atoms with E-state index in [1.54, 1.807) is 31.4 Å². The van der Waals surface area contributed by atoms with E-state index < -0.39 is 5.82 Å². The molecule has 0 aliphatic carbocycles. The van der Waals surface area contributed by atoms with Gasteiger partial charge in [-0.1, -0.05) is 12.1 Å². The molecule has 2 aromatic carbocycles. The number of carbonyl (C=O) groups excluding carboxylic acids is 1. The quantitative estimate of drug-likeness (QED) is 0.504. The van der Waals surface area contributed by atoms with Crippen molar-refractivity contribution in [2.45, 2.75) is 0 Å². The fourth-order valence-corrected chi connectivity index (χ4v) is 1.89. The van der Waals surface area contributed by atoms with Gasteiger partial charge in [0.25, 0.3) is 0 Å². The van der Waals surface area contributed by atoms with Gasteiger partial charge in [0.1, 0.15) is 18.2 Å². The summed E-state index contributed by atoms with van der Waals surface area (Å²) in [6, 6.07) is 10.5. The first-order valence-electron chi connectivity index (χ1n) is 6.44. The Morgan fingerprint density at radius 2 is 1.90 bits per heavy atom. The fraction of sp³-hybridized carbons (Fsp3) is 0.188. The van der Waals surface area contributed by atoms with Crippen LogP contribution in [0.2, 0.25) is 0 Å². The van der Waals surface area contributed by atoms with E-state index in [1.165, 1.54) is 12.1 Å². The highest BCUT2D eigenvalue weighted by atomic mass is 19.1. The molecule has 0 aliphatic heterocycles. The molecule has 0 saturated carbocycles. The third-order valence-electron chi connectivity index (χ3n) is 2.94. The molecule has 21 heavy (non-hydrogen) atoms. The fourth-order valence-electron chi connectivity index (χ4n) is 1.89. The van der Waals surface area contributed by atoms with Crippen LogP contribution in [0.4, 0.5) is 10.1 Å². The molecule has 0 heterocycles. The first kappa shape index (κ1) is 15.0. The van der Waals surface area contributed by atoms with E-state index in [0.717, 1.165) is 6.07 Å². The minimum absolute atomic E-state index is 0.123. The number of ether oxygens (including phenoxy) is 2. The Bertz CT molecular complexity index is 643. The van der Waals surface area contributed by atoms with Gasteiger partial charge in [0.05, 0.1) is 12.2 Å². The molecule has 2 aromatic rings.